The zero-order valence-electron chi connectivity index (χ0n) is 8.66. The molecule has 0 amide bonds. The fourth-order valence-corrected chi connectivity index (χ4v) is 1.26. The summed E-state index contributed by atoms with van der Waals surface area (Å²) in [5.74, 6) is 0. The lowest BCUT2D eigenvalue weighted by Crippen LogP contribution is -2.21. The Bertz CT molecular complexity index is 233. The maximum absolute atomic E-state index is 9.02. The van der Waals surface area contributed by atoms with E-state index in [0.717, 1.165) is 25.9 Å². The molecule has 0 aliphatic rings. The summed E-state index contributed by atoms with van der Waals surface area (Å²) in [7, 11) is 0. The second-order valence-electron chi connectivity index (χ2n) is 3.55. The topological polar surface area (TPSA) is 32.3 Å². The van der Waals surface area contributed by atoms with Crippen LogP contribution in [0.4, 0.5) is 0 Å². The molecule has 2 nitrogen and oxygen atoms in total. The molecule has 1 radical (unpaired) electrons. The molecule has 2 heteroatoms. The van der Waals surface area contributed by atoms with E-state index >= 15 is 0 Å². The molecule has 1 aromatic carbocycles. The Morgan fingerprint density at radius 3 is 2.71 bits per heavy atom. The minimum atomic E-state index is -0.200. The van der Waals surface area contributed by atoms with Crippen molar-refractivity contribution in [1.82, 2.24) is 5.32 Å². The molecule has 0 aliphatic carbocycles. The van der Waals surface area contributed by atoms with Crippen LogP contribution in [0.3, 0.4) is 0 Å². The van der Waals surface area contributed by atoms with Gasteiger partial charge in [-0.2, -0.15) is 0 Å². The van der Waals surface area contributed by atoms with E-state index in [1.807, 2.05) is 19.1 Å². The number of hydrogen-bond donors (Lipinski definition) is 2. The first-order valence-electron chi connectivity index (χ1n) is 5.13. The number of nitrogens with one attached hydrogen (secondary N) is 1. The summed E-state index contributed by atoms with van der Waals surface area (Å²) in [6.07, 6.45) is 1.66. The van der Waals surface area contributed by atoms with E-state index in [1.165, 1.54) is 5.56 Å². The molecular weight excluding hydrogens is 174 g/mol. The van der Waals surface area contributed by atoms with Crippen molar-refractivity contribution in [1.29, 1.82) is 0 Å². The molecule has 0 heterocycles. The van der Waals surface area contributed by atoms with Crippen LogP contribution in [0.2, 0.25) is 0 Å². The minimum absolute atomic E-state index is 0.200. The maximum atomic E-state index is 9.02. The van der Waals surface area contributed by atoms with Gasteiger partial charge in [-0.1, -0.05) is 24.3 Å². The van der Waals surface area contributed by atoms with E-state index in [0.29, 0.717) is 0 Å². The molecule has 0 aliphatic heterocycles. The second kappa shape index (κ2) is 6.57. The van der Waals surface area contributed by atoms with Gasteiger partial charge in [0.25, 0.3) is 0 Å². The van der Waals surface area contributed by atoms with Crippen LogP contribution in [0.5, 0.6) is 0 Å². The third-order valence-electron chi connectivity index (χ3n) is 2.12. The van der Waals surface area contributed by atoms with E-state index in [1.54, 1.807) is 0 Å². The van der Waals surface area contributed by atoms with Gasteiger partial charge in [0.1, 0.15) is 0 Å². The van der Waals surface area contributed by atoms with Gasteiger partial charge in [-0.25, -0.2) is 0 Å². The first-order chi connectivity index (χ1) is 6.79. The lowest BCUT2D eigenvalue weighted by atomic mass is 10.1. The average molecular weight is 192 g/mol. The van der Waals surface area contributed by atoms with Crippen LogP contribution < -0.4 is 5.32 Å². The number of benzene rings is 1. The van der Waals surface area contributed by atoms with Crippen LogP contribution >= 0.6 is 0 Å². The zero-order chi connectivity index (χ0) is 10.2. The SMILES string of the molecule is CC(O)CCNCCc1cc[c]cc1. The number of aliphatic hydroxyl groups excluding tert-OH is 1. The summed E-state index contributed by atoms with van der Waals surface area (Å²) in [6, 6.07) is 11.0. The summed E-state index contributed by atoms with van der Waals surface area (Å²) in [4.78, 5) is 0. The van der Waals surface area contributed by atoms with E-state index in [4.69, 9.17) is 5.11 Å². The summed E-state index contributed by atoms with van der Waals surface area (Å²) in [5, 5.41) is 12.3. The van der Waals surface area contributed by atoms with Gasteiger partial charge < -0.3 is 10.4 Å². The van der Waals surface area contributed by atoms with E-state index in [9.17, 15) is 0 Å². The Labute approximate surface area is 86.0 Å². The Morgan fingerprint density at radius 1 is 1.36 bits per heavy atom. The Balaban J connectivity index is 2.05. The normalized spacial score (nSPS) is 12.7. The van der Waals surface area contributed by atoms with E-state index in [-0.39, 0.29) is 6.10 Å². The van der Waals surface area contributed by atoms with E-state index < -0.39 is 0 Å². The highest BCUT2D eigenvalue weighted by Crippen LogP contribution is 1.97. The molecule has 1 atom stereocenters. The van der Waals surface area contributed by atoms with Crippen LogP contribution in [0.15, 0.2) is 24.3 Å². The van der Waals surface area contributed by atoms with Crippen LogP contribution in [-0.2, 0) is 6.42 Å². The van der Waals surface area contributed by atoms with Gasteiger partial charge >= 0.3 is 0 Å². The molecule has 0 saturated carbocycles. The highest BCUT2D eigenvalue weighted by Gasteiger charge is 1.94. The minimum Gasteiger partial charge on any atom is -0.393 e. The molecule has 14 heavy (non-hydrogen) atoms. The average Bonchev–Trinajstić information content (AvgIpc) is 2.18. The fourth-order valence-electron chi connectivity index (χ4n) is 1.26. The fraction of sp³-hybridized carbons (Fsp3) is 0.500. The van der Waals surface area contributed by atoms with Gasteiger partial charge in [-0.3, -0.25) is 0 Å². The van der Waals surface area contributed by atoms with E-state index in [2.05, 4.69) is 23.5 Å². The van der Waals surface area contributed by atoms with Gasteiger partial charge in [0.15, 0.2) is 0 Å². The van der Waals surface area contributed by atoms with Crippen molar-refractivity contribution in [3.8, 4) is 0 Å². The largest absolute Gasteiger partial charge is 0.393 e. The second-order valence-corrected chi connectivity index (χ2v) is 3.55. The Morgan fingerprint density at radius 2 is 2.07 bits per heavy atom. The first kappa shape index (κ1) is 11.2. The Hall–Kier alpha value is -0.860. The lowest BCUT2D eigenvalue weighted by molar-refractivity contribution is 0.184. The number of aliphatic hydroxyl groups is 1. The van der Waals surface area contributed by atoms with Gasteiger partial charge in [-0.05, 0) is 44.5 Å². The molecule has 1 unspecified atom stereocenters. The van der Waals surface area contributed by atoms with Crippen LogP contribution in [0, 0.1) is 6.07 Å². The van der Waals surface area contributed by atoms with Crippen molar-refractivity contribution in [3.05, 3.63) is 35.9 Å². The third-order valence-corrected chi connectivity index (χ3v) is 2.12. The number of rotatable bonds is 6. The maximum Gasteiger partial charge on any atom is 0.0524 e. The van der Waals surface area contributed by atoms with Crippen molar-refractivity contribution in [3.63, 3.8) is 0 Å². The van der Waals surface area contributed by atoms with Crippen molar-refractivity contribution in [2.45, 2.75) is 25.9 Å². The summed E-state index contributed by atoms with van der Waals surface area (Å²) in [5.41, 5.74) is 1.33. The molecule has 0 aromatic heterocycles. The predicted molar refractivity (Wildman–Crippen MR) is 58.1 cm³/mol. The van der Waals surface area contributed by atoms with Crippen molar-refractivity contribution < 1.29 is 5.11 Å². The molecule has 0 spiro atoms. The predicted octanol–water partition coefficient (Wildman–Crippen LogP) is 1.39. The molecule has 77 valence electrons. The summed E-state index contributed by atoms with van der Waals surface area (Å²) < 4.78 is 0. The smallest absolute Gasteiger partial charge is 0.0524 e. The highest BCUT2D eigenvalue weighted by molar-refractivity contribution is 5.13. The highest BCUT2D eigenvalue weighted by atomic mass is 16.3. The standard InChI is InChI=1S/C12H18NO/c1-11(14)7-9-13-10-8-12-5-3-2-4-6-12/h3-6,11,13-14H,7-10H2,1H3. The van der Waals surface area contributed by atoms with Gasteiger partial charge in [0.05, 0.1) is 6.10 Å². The molecule has 1 aromatic rings. The molecule has 0 saturated heterocycles. The molecule has 0 fully saturated rings. The van der Waals surface area contributed by atoms with Crippen molar-refractivity contribution >= 4 is 0 Å². The molecular formula is C12H18NO. The zero-order valence-corrected chi connectivity index (χ0v) is 8.66. The van der Waals surface area contributed by atoms with Gasteiger partial charge in [0.2, 0.25) is 0 Å². The van der Waals surface area contributed by atoms with Crippen LogP contribution in [-0.4, -0.2) is 24.3 Å². The summed E-state index contributed by atoms with van der Waals surface area (Å²) in [6.45, 7) is 3.67. The van der Waals surface area contributed by atoms with Crippen LogP contribution in [0.1, 0.15) is 18.9 Å². The third kappa shape index (κ3) is 5.00. The van der Waals surface area contributed by atoms with Gasteiger partial charge in [-0.15, -0.1) is 0 Å². The first-order valence-corrected chi connectivity index (χ1v) is 5.13. The number of hydrogen-bond acceptors (Lipinski definition) is 2. The van der Waals surface area contributed by atoms with Crippen LogP contribution in [0.25, 0.3) is 0 Å². The summed E-state index contributed by atoms with van der Waals surface area (Å²) >= 11 is 0. The van der Waals surface area contributed by atoms with Crippen molar-refractivity contribution in [2.24, 2.45) is 0 Å². The Kier molecular flexibility index (Phi) is 5.27. The van der Waals surface area contributed by atoms with Crippen molar-refractivity contribution in [2.75, 3.05) is 13.1 Å². The molecule has 1 rings (SSSR count). The lowest BCUT2D eigenvalue weighted by Gasteiger charge is -2.06. The quantitative estimate of drug-likeness (QED) is 0.668. The molecule has 0 bridgehead atoms. The molecule has 2 N–H and O–H groups in total. The monoisotopic (exact) mass is 192 g/mol. The van der Waals surface area contributed by atoms with Gasteiger partial charge in [0, 0.05) is 0 Å².